The van der Waals surface area contributed by atoms with Gasteiger partial charge >= 0.3 is 0 Å². The lowest BCUT2D eigenvalue weighted by atomic mass is 10.1. The first-order valence-electron chi connectivity index (χ1n) is 6.91. The number of rotatable bonds is 5. The summed E-state index contributed by atoms with van der Waals surface area (Å²) < 4.78 is 26.5. The quantitative estimate of drug-likeness (QED) is 0.890. The molecule has 2 rings (SSSR count). The number of carbonyl (C=O) groups excluding carboxylic acids is 1. The minimum absolute atomic E-state index is 0.0770. The van der Waals surface area contributed by atoms with Crippen molar-refractivity contribution in [2.75, 3.05) is 0 Å². The van der Waals surface area contributed by atoms with Crippen molar-refractivity contribution in [3.05, 3.63) is 65.2 Å². The predicted molar refractivity (Wildman–Crippen MR) is 79.3 cm³/mol. The van der Waals surface area contributed by atoms with E-state index in [-0.39, 0.29) is 17.7 Å². The SMILES string of the molecule is N#C[C@@H](NC(=O)CCc1ccc(O)cc1)c1ccc(F)cc1F. The van der Waals surface area contributed by atoms with Gasteiger partial charge in [0.1, 0.15) is 23.4 Å². The van der Waals surface area contributed by atoms with Gasteiger partial charge in [0.15, 0.2) is 0 Å². The van der Waals surface area contributed by atoms with Crippen LogP contribution < -0.4 is 5.32 Å². The fraction of sp³-hybridized carbons (Fsp3) is 0.176. The molecule has 23 heavy (non-hydrogen) atoms. The first-order valence-corrected chi connectivity index (χ1v) is 6.91. The first-order chi connectivity index (χ1) is 11.0. The smallest absolute Gasteiger partial charge is 0.221 e. The van der Waals surface area contributed by atoms with Crippen molar-refractivity contribution in [2.24, 2.45) is 0 Å². The molecule has 0 spiro atoms. The van der Waals surface area contributed by atoms with Crippen molar-refractivity contribution in [1.82, 2.24) is 5.32 Å². The van der Waals surface area contributed by atoms with Gasteiger partial charge in [-0.05, 0) is 30.2 Å². The molecule has 1 amide bonds. The minimum Gasteiger partial charge on any atom is -0.508 e. The molecule has 0 fully saturated rings. The van der Waals surface area contributed by atoms with E-state index in [4.69, 9.17) is 5.26 Å². The molecule has 0 bridgehead atoms. The van der Waals surface area contributed by atoms with E-state index in [0.29, 0.717) is 12.5 Å². The number of phenols is 1. The Kier molecular flexibility index (Phi) is 5.26. The topological polar surface area (TPSA) is 73.1 Å². The number of aryl methyl sites for hydroxylation is 1. The molecule has 0 radical (unpaired) electrons. The molecule has 0 aliphatic carbocycles. The Hall–Kier alpha value is -2.94. The van der Waals surface area contributed by atoms with Crippen LogP contribution in [0.1, 0.15) is 23.6 Å². The molecular formula is C17H14F2N2O2. The Balaban J connectivity index is 1.97. The molecule has 0 aliphatic rings. The zero-order valence-corrected chi connectivity index (χ0v) is 12.1. The molecule has 2 aromatic rings. The van der Waals surface area contributed by atoms with Gasteiger partial charge in [0, 0.05) is 18.1 Å². The molecule has 2 aromatic carbocycles. The zero-order chi connectivity index (χ0) is 16.8. The fourth-order valence-corrected chi connectivity index (χ4v) is 2.07. The van der Waals surface area contributed by atoms with Gasteiger partial charge in [0.2, 0.25) is 5.91 Å². The van der Waals surface area contributed by atoms with E-state index >= 15 is 0 Å². The normalized spacial score (nSPS) is 11.5. The molecule has 0 unspecified atom stereocenters. The van der Waals surface area contributed by atoms with E-state index in [1.165, 1.54) is 12.1 Å². The maximum absolute atomic E-state index is 13.7. The van der Waals surface area contributed by atoms with E-state index in [1.807, 2.05) is 0 Å². The minimum atomic E-state index is -1.18. The Morgan fingerprint density at radius 2 is 1.91 bits per heavy atom. The van der Waals surface area contributed by atoms with Crippen molar-refractivity contribution in [1.29, 1.82) is 5.26 Å². The number of hydrogen-bond donors (Lipinski definition) is 2. The Bertz CT molecular complexity index is 739. The van der Waals surface area contributed by atoms with E-state index in [2.05, 4.69) is 5.32 Å². The maximum Gasteiger partial charge on any atom is 0.221 e. The number of nitrogens with zero attached hydrogens (tertiary/aromatic N) is 1. The summed E-state index contributed by atoms with van der Waals surface area (Å²) in [6.45, 7) is 0. The highest BCUT2D eigenvalue weighted by atomic mass is 19.1. The van der Waals surface area contributed by atoms with E-state index in [0.717, 1.165) is 17.7 Å². The Morgan fingerprint density at radius 1 is 1.22 bits per heavy atom. The molecule has 1 atom stereocenters. The second kappa shape index (κ2) is 7.36. The highest BCUT2D eigenvalue weighted by Crippen LogP contribution is 2.18. The lowest BCUT2D eigenvalue weighted by molar-refractivity contribution is -0.121. The van der Waals surface area contributed by atoms with Crippen LogP contribution in [-0.2, 0) is 11.2 Å². The summed E-state index contributed by atoms with van der Waals surface area (Å²) in [6, 6.07) is 9.84. The Morgan fingerprint density at radius 3 is 2.52 bits per heavy atom. The molecular weight excluding hydrogens is 302 g/mol. The van der Waals surface area contributed by atoms with Crippen molar-refractivity contribution >= 4 is 5.91 Å². The van der Waals surface area contributed by atoms with Crippen molar-refractivity contribution in [2.45, 2.75) is 18.9 Å². The maximum atomic E-state index is 13.7. The lowest BCUT2D eigenvalue weighted by Crippen LogP contribution is -2.28. The number of amides is 1. The van der Waals surface area contributed by atoms with Gasteiger partial charge in [-0.3, -0.25) is 4.79 Å². The summed E-state index contributed by atoms with van der Waals surface area (Å²) in [5.74, 6) is -1.92. The zero-order valence-electron chi connectivity index (χ0n) is 12.1. The third-order valence-corrected chi connectivity index (χ3v) is 3.29. The average Bonchev–Trinajstić information content (AvgIpc) is 2.52. The number of halogens is 2. The second-order valence-corrected chi connectivity index (χ2v) is 4.96. The van der Waals surface area contributed by atoms with Crippen LogP contribution in [0.15, 0.2) is 42.5 Å². The average molecular weight is 316 g/mol. The van der Waals surface area contributed by atoms with Gasteiger partial charge in [0.05, 0.1) is 6.07 Å². The number of carbonyl (C=O) groups is 1. The van der Waals surface area contributed by atoms with Crippen LogP contribution in [0.3, 0.4) is 0 Å². The molecule has 4 nitrogen and oxygen atoms in total. The van der Waals surface area contributed by atoms with Gasteiger partial charge in [-0.1, -0.05) is 18.2 Å². The van der Waals surface area contributed by atoms with E-state index < -0.39 is 23.6 Å². The predicted octanol–water partition coefficient (Wildman–Crippen LogP) is 2.98. The fourth-order valence-electron chi connectivity index (χ4n) is 2.07. The summed E-state index contributed by atoms with van der Waals surface area (Å²) >= 11 is 0. The Labute approximate surface area is 132 Å². The van der Waals surface area contributed by atoms with Crippen LogP contribution in [0.4, 0.5) is 8.78 Å². The monoisotopic (exact) mass is 316 g/mol. The van der Waals surface area contributed by atoms with Crippen molar-refractivity contribution in [3.8, 4) is 11.8 Å². The third-order valence-electron chi connectivity index (χ3n) is 3.29. The highest BCUT2D eigenvalue weighted by molar-refractivity contribution is 5.77. The molecule has 6 heteroatoms. The van der Waals surface area contributed by atoms with Crippen LogP contribution in [0, 0.1) is 23.0 Å². The first kappa shape index (κ1) is 16.4. The molecule has 0 saturated carbocycles. The number of nitriles is 1. The number of hydrogen-bond acceptors (Lipinski definition) is 3. The van der Waals surface area contributed by atoms with Crippen LogP contribution in [0.2, 0.25) is 0 Å². The van der Waals surface area contributed by atoms with Crippen LogP contribution in [-0.4, -0.2) is 11.0 Å². The van der Waals surface area contributed by atoms with Gasteiger partial charge in [-0.2, -0.15) is 5.26 Å². The summed E-state index contributed by atoms with van der Waals surface area (Å²) in [6.07, 6.45) is 0.516. The number of phenolic OH excluding ortho intramolecular Hbond substituents is 1. The summed E-state index contributed by atoms with van der Waals surface area (Å²) in [5, 5.41) is 20.7. The number of nitrogens with one attached hydrogen (secondary N) is 1. The van der Waals surface area contributed by atoms with Gasteiger partial charge in [-0.15, -0.1) is 0 Å². The standard InChI is InChI=1S/C17H14F2N2O2/c18-12-4-7-14(15(19)9-12)16(10-20)21-17(23)8-3-11-1-5-13(22)6-2-11/h1-2,4-7,9,16,22H,3,8H2,(H,21,23)/t16-/m1/s1. The molecule has 0 aliphatic heterocycles. The molecule has 0 heterocycles. The number of benzene rings is 2. The van der Waals surface area contributed by atoms with Gasteiger partial charge in [-0.25, -0.2) is 8.78 Å². The van der Waals surface area contributed by atoms with E-state index in [1.54, 1.807) is 18.2 Å². The third kappa shape index (κ3) is 4.51. The summed E-state index contributed by atoms with van der Waals surface area (Å²) in [4.78, 5) is 11.9. The number of aromatic hydroxyl groups is 1. The second-order valence-electron chi connectivity index (χ2n) is 4.96. The van der Waals surface area contributed by atoms with Gasteiger partial charge < -0.3 is 10.4 Å². The van der Waals surface area contributed by atoms with Crippen molar-refractivity contribution in [3.63, 3.8) is 0 Å². The molecule has 118 valence electrons. The highest BCUT2D eigenvalue weighted by Gasteiger charge is 2.18. The van der Waals surface area contributed by atoms with Crippen LogP contribution in [0.25, 0.3) is 0 Å². The van der Waals surface area contributed by atoms with Gasteiger partial charge in [0.25, 0.3) is 0 Å². The van der Waals surface area contributed by atoms with Crippen LogP contribution >= 0.6 is 0 Å². The summed E-state index contributed by atoms with van der Waals surface area (Å²) in [7, 11) is 0. The van der Waals surface area contributed by atoms with Crippen molar-refractivity contribution < 1.29 is 18.7 Å². The molecule has 0 saturated heterocycles. The van der Waals surface area contributed by atoms with Crippen LogP contribution in [0.5, 0.6) is 5.75 Å². The summed E-state index contributed by atoms with van der Waals surface area (Å²) in [5.41, 5.74) is 0.770. The van der Waals surface area contributed by atoms with E-state index in [9.17, 15) is 18.7 Å². The molecule has 0 aromatic heterocycles. The lowest BCUT2D eigenvalue weighted by Gasteiger charge is -2.13. The largest absolute Gasteiger partial charge is 0.508 e. The molecule has 2 N–H and O–H groups in total.